The molecule has 2 N–H and O–H groups in total. The third-order valence-electron chi connectivity index (χ3n) is 4.19. The number of nitrogen functional groups attached to an aromatic ring is 1. The lowest BCUT2D eigenvalue weighted by Gasteiger charge is -2.13. The summed E-state index contributed by atoms with van der Waals surface area (Å²) >= 11 is 0. The maximum Gasteiger partial charge on any atom is 0.142 e. The molecule has 0 aliphatic carbocycles. The fraction of sp³-hybridized carbons (Fsp3) is 0.143. The van der Waals surface area contributed by atoms with Gasteiger partial charge in [0.05, 0.1) is 11.3 Å². The Hall–Kier alpha value is -3.70. The Morgan fingerprint density at radius 1 is 0.923 bits per heavy atom. The second-order valence-corrected chi connectivity index (χ2v) is 5.87. The average molecular weight is 339 g/mol. The van der Waals surface area contributed by atoms with Crippen molar-refractivity contribution in [3.8, 4) is 23.3 Å². The van der Waals surface area contributed by atoms with Gasteiger partial charge >= 0.3 is 0 Å². The topological polar surface area (TPSA) is 99.4 Å². The molecule has 26 heavy (non-hydrogen) atoms. The molecule has 0 radical (unpaired) electrons. The van der Waals surface area contributed by atoms with Gasteiger partial charge in [0.15, 0.2) is 0 Å². The van der Waals surface area contributed by atoms with Crippen molar-refractivity contribution in [2.45, 2.75) is 19.3 Å². The zero-order valence-corrected chi connectivity index (χ0v) is 14.2. The van der Waals surface area contributed by atoms with Gasteiger partial charge in [0.2, 0.25) is 0 Å². The van der Waals surface area contributed by atoms with Crippen LogP contribution in [0.5, 0.6) is 0 Å². The third-order valence-corrected chi connectivity index (χ3v) is 4.19. The molecule has 0 aliphatic rings. The molecular formula is C21H17N5. The summed E-state index contributed by atoms with van der Waals surface area (Å²) < 4.78 is 0. The number of pyridine rings is 2. The second kappa shape index (κ2) is 7.92. The summed E-state index contributed by atoms with van der Waals surface area (Å²) in [6.45, 7) is 0. The molecule has 0 amide bonds. The van der Waals surface area contributed by atoms with Gasteiger partial charge in [-0.05, 0) is 36.5 Å². The van der Waals surface area contributed by atoms with Crippen LogP contribution in [0.25, 0.3) is 11.1 Å². The number of nitriles is 2. The number of benzene rings is 1. The largest absolute Gasteiger partial charge is 0.383 e. The molecule has 0 bridgehead atoms. The zero-order valence-electron chi connectivity index (χ0n) is 14.2. The molecule has 1 aromatic carbocycles. The molecule has 2 heterocycles. The molecule has 2 aromatic heterocycles. The van der Waals surface area contributed by atoms with Crippen LogP contribution in [0.15, 0.2) is 54.9 Å². The average Bonchev–Trinajstić information content (AvgIpc) is 2.69. The maximum absolute atomic E-state index is 9.74. The van der Waals surface area contributed by atoms with E-state index in [0.717, 1.165) is 24.0 Å². The second-order valence-electron chi connectivity index (χ2n) is 5.87. The van der Waals surface area contributed by atoms with Crippen LogP contribution in [0, 0.1) is 22.7 Å². The summed E-state index contributed by atoms with van der Waals surface area (Å²) in [4.78, 5) is 8.46. The first-order chi connectivity index (χ1) is 12.7. The van der Waals surface area contributed by atoms with E-state index in [1.807, 2.05) is 48.7 Å². The molecule has 3 aromatic rings. The van der Waals surface area contributed by atoms with Crippen molar-refractivity contribution in [2.75, 3.05) is 5.73 Å². The first-order valence-corrected chi connectivity index (χ1v) is 8.31. The van der Waals surface area contributed by atoms with Crippen LogP contribution in [0.3, 0.4) is 0 Å². The van der Waals surface area contributed by atoms with Gasteiger partial charge in [-0.3, -0.25) is 4.98 Å². The van der Waals surface area contributed by atoms with Crippen LogP contribution in [0.1, 0.15) is 28.8 Å². The fourth-order valence-electron chi connectivity index (χ4n) is 2.97. The highest BCUT2D eigenvalue weighted by molar-refractivity contribution is 5.81. The van der Waals surface area contributed by atoms with Crippen molar-refractivity contribution >= 4 is 5.82 Å². The van der Waals surface area contributed by atoms with Crippen LogP contribution in [-0.4, -0.2) is 9.97 Å². The monoisotopic (exact) mass is 339 g/mol. The molecule has 0 atom stereocenters. The van der Waals surface area contributed by atoms with Gasteiger partial charge in [0.25, 0.3) is 0 Å². The highest BCUT2D eigenvalue weighted by Crippen LogP contribution is 2.32. The normalized spacial score (nSPS) is 10.1. The van der Waals surface area contributed by atoms with Gasteiger partial charge in [0.1, 0.15) is 23.5 Å². The number of rotatable bonds is 5. The highest BCUT2D eigenvalue weighted by Gasteiger charge is 2.19. The minimum atomic E-state index is 0.168. The van der Waals surface area contributed by atoms with Gasteiger partial charge in [-0.25, -0.2) is 4.98 Å². The van der Waals surface area contributed by atoms with Crippen molar-refractivity contribution in [3.05, 3.63) is 77.2 Å². The Bertz CT molecular complexity index is 983. The number of aromatic nitrogens is 2. The summed E-state index contributed by atoms with van der Waals surface area (Å²) in [5.74, 6) is 0.168. The lowest BCUT2D eigenvalue weighted by molar-refractivity contribution is 0.795. The van der Waals surface area contributed by atoms with Crippen LogP contribution in [0.4, 0.5) is 5.82 Å². The first kappa shape index (κ1) is 17.1. The molecular weight excluding hydrogens is 322 g/mol. The standard InChI is InChI=1S/C21H17N5/c22-12-17-19(10-4-6-15-7-5-11-25-14-15)26-21(24)18(13-23)20(17)16-8-2-1-3-9-16/h1-3,5,7-9,11,14H,4,6,10H2,(H2,24,26). The van der Waals surface area contributed by atoms with E-state index in [1.165, 1.54) is 0 Å². The fourth-order valence-corrected chi connectivity index (χ4v) is 2.97. The Morgan fingerprint density at radius 3 is 2.35 bits per heavy atom. The molecule has 3 rings (SSSR count). The first-order valence-electron chi connectivity index (χ1n) is 8.31. The van der Waals surface area contributed by atoms with Crippen LogP contribution < -0.4 is 5.73 Å². The van der Waals surface area contributed by atoms with Crippen molar-refractivity contribution in [3.63, 3.8) is 0 Å². The van der Waals surface area contributed by atoms with Gasteiger partial charge in [0, 0.05) is 18.0 Å². The number of nitrogens with two attached hydrogens (primary N) is 1. The van der Waals surface area contributed by atoms with Crippen LogP contribution in [-0.2, 0) is 12.8 Å². The lowest BCUT2D eigenvalue weighted by Crippen LogP contribution is -2.07. The molecule has 0 aliphatic heterocycles. The number of anilines is 1. The summed E-state index contributed by atoms with van der Waals surface area (Å²) in [6, 6.07) is 17.6. The molecule has 0 spiro atoms. The van der Waals surface area contributed by atoms with Crippen molar-refractivity contribution in [2.24, 2.45) is 0 Å². The van der Waals surface area contributed by atoms with E-state index in [2.05, 4.69) is 22.1 Å². The number of nitrogens with zero attached hydrogens (tertiary/aromatic N) is 4. The quantitative estimate of drug-likeness (QED) is 0.765. The Labute approximate surface area is 152 Å². The van der Waals surface area contributed by atoms with E-state index in [9.17, 15) is 10.5 Å². The van der Waals surface area contributed by atoms with E-state index in [0.29, 0.717) is 23.2 Å². The Balaban J connectivity index is 1.97. The van der Waals surface area contributed by atoms with E-state index < -0.39 is 0 Å². The summed E-state index contributed by atoms with van der Waals surface area (Å²) in [5, 5.41) is 19.2. The molecule has 126 valence electrons. The van der Waals surface area contributed by atoms with Crippen LogP contribution in [0.2, 0.25) is 0 Å². The van der Waals surface area contributed by atoms with E-state index in [-0.39, 0.29) is 11.4 Å². The molecule has 0 fully saturated rings. The van der Waals surface area contributed by atoms with Gasteiger partial charge in [-0.1, -0.05) is 36.4 Å². The minimum Gasteiger partial charge on any atom is -0.383 e. The number of aryl methyl sites for hydroxylation is 2. The zero-order chi connectivity index (χ0) is 18.4. The highest BCUT2D eigenvalue weighted by atomic mass is 14.9. The molecule has 5 heteroatoms. The van der Waals surface area contributed by atoms with Crippen LogP contribution >= 0.6 is 0 Å². The van der Waals surface area contributed by atoms with Crippen molar-refractivity contribution in [1.29, 1.82) is 10.5 Å². The molecule has 0 unspecified atom stereocenters. The van der Waals surface area contributed by atoms with Gasteiger partial charge in [-0.2, -0.15) is 10.5 Å². The Morgan fingerprint density at radius 2 is 1.69 bits per heavy atom. The summed E-state index contributed by atoms with van der Waals surface area (Å²) in [7, 11) is 0. The van der Waals surface area contributed by atoms with Crippen molar-refractivity contribution < 1.29 is 0 Å². The smallest absolute Gasteiger partial charge is 0.142 e. The van der Waals surface area contributed by atoms with E-state index in [4.69, 9.17) is 5.73 Å². The maximum atomic E-state index is 9.74. The predicted molar refractivity (Wildman–Crippen MR) is 99.8 cm³/mol. The summed E-state index contributed by atoms with van der Waals surface area (Å²) in [6.07, 6.45) is 5.83. The molecule has 0 saturated heterocycles. The molecule has 5 nitrogen and oxygen atoms in total. The Kier molecular flexibility index (Phi) is 5.22. The SMILES string of the molecule is N#Cc1c(N)nc(CCCc2cccnc2)c(C#N)c1-c1ccccc1. The number of hydrogen-bond donors (Lipinski definition) is 1. The lowest BCUT2D eigenvalue weighted by atomic mass is 9.93. The van der Waals surface area contributed by atoms with Gasteiger partial charge in [-0.15, -0.1) is 0 Å². The third kappa shape index (κ3) is 3.53. The predicted octanol–water partition coefficient (Wildman–Crippen LogP) is 3.64. The number of hydrogen-bond acceptors (Lipinski definition) is 5. The van der Waals surface area contributed by atoms with E-state index in [1.54, 1.807) is 6.20 Å². The van der Waals surface area contributed by atoms with Crippen molar-refractivity contribution in [1.82, 2.24) is 9.97 Å². The van der Waals surface area contributed by atoms with Gasteiger partial charge < -0.3 is 5.73 Å². The minimum absolute atomic E-state index is 0.168. The molecule has 0 saturated carbocycles. The van der Waals surface area contributed by atoms with E-state index >= 15 is 0 Å². The summed E-state index contributed by atoms with van der Waals surface area (Å²) in [5.41, 5.74) is 9.83.